The Bertz CT molecular complexity index is 1130. The van der Waals surface area contributed by atoms with Gasteiger partial charge in [-0.2, -0.15) is 0 Å². The van der Waals surface area contributed by atoms with Crippen LogP contribution in [0.25, 0.3) is 12.2 Å². The molecular formula is C27H26F4N2O2. The molecule has 0 aliphatic carbocycles. The van der Waals surface area contributed by atoms with Crippen molar-refractivity contribution in [3.63, 3.8) is 0 Å². The number of hydrogen-bond donors (Lipinski definition) is 0. The lowest BCUT2D eigenvalue weighted by Gasteiger charge is -2.31. The Labute approximate surface area is 201 Å². The van der Waals surface area contributed by atoms with Crippen molar-refractivity contribution in [2.24, 2.45) is 0 Å². The lowest BCUT2D eigenvalue weighted by atomic mass is 9.94. The van der Waals surface area contributed by atoms with Crippen molar-refractivity contribution in [2.75, 3.05) is 26.2 Å². The maximum Gasteiger partial charge on any atom is 0.224 e. The Kier molecular flexibility index (Phi) is 7.50. The highest BCUT2D eigenvalue weighted by molar-refractivity contribution is 6.15. The topological polar surface area (TPSA) is 40.6 Å². The molecule has 0 unspecified atom stereocenters. The Morgan fingerprint density at radius 1 is 0.914 bits per heavy atom. The number of hydrogen-bond acceptors (Lipinski definition) is 3. The van der Waals surface area contributed by atoms with E-state index in [1.807, 2.05) is 0 Å². The summed E-state index contributed by atoms with van der Waals surface area (Å²) in [5.74, 6) is -4.65. The van der Waals surface area contributed by atoms with Crippen LogP contribution in [0, 0.1) is 23.3 Å². The molecular weight excluding hydrogens is 460 g/mol. The number of halogens is 4. The van der Waals surface area contributed by atoms with Crippen LogP contribution in [0.2, 0.25) is 0 Å². The molecule has 1 atom stereocenters. The van der Waals surface area contributed by atoms with Crippen LogP contribution < -0.4 is 0 Å². The highest BCUT2D eigenvalue weighted by Crippen LogP contribution is 2.24. The fraction of sp³-hybridized carbons (Fsp3) is 0.333. The maximum atomic E-state index is 13.7. The standard InChI is InChI=1S/C27H26F4N2O2/c1-17-3-2-9-32(17)10-8-26(34)33-15-20(11-18-4-6-22(28)24(30)13-18)27(35)21(16-33)12-19-5-7-23(29)25(31)14-19/h4-7,11-14,17H,2-3,8-10,15-16H2,1H3/b20-11+,21-12+/t17-/m1/s1. The number of ketones is 1. The van der Waals surface area contributed by atoms with Crippen molar-refractivity contribution in [2.45, 2.75) is 32.2 Å². The molecule has 2 aromatic carbocycles. The number of rotatable bonds is 5. The van der Waals surface area contributed by atoms with Gasteiger partial charge < -0.3 is 9.80 Å². The molecule has 8 heteroatoms. The maximum absolute atomic E-state index is 13.7. The van der Waals surface area contributed by atoms with E-state index in [0.717, 1.165) is 43.7 Å². The Morgan fingerprint density at radius 2 is 1.46 bits per heavy atom. The number of amides is 1. The second kappa shape index (κ2) is 10.6. The summed E-state index contributed by atoms with van der Waals surface area (Å²) in [5.41, 5.74) is 0.997. The molecule has 2 saturated heterocycles. The van der Waals surface area contributed by atoms with E-state index in [0.29, 0.717) is 12.6 Å². The highest BCUT2D eigenvalue weighted by Gasteiger charge is 2.30. The quantitative estimate of drug-likeness (QED) is 0.442. The molecule has 0 bridgehead atoms. The van der Waals surface area contributed by atoms with Gasteiger partial charge in [-0.25, -0.2) is 17.6 Å². The zero-order chi connectivity index (χ0) is 25.1. The second-order valence-corrected chi connectivity index (χ2v) is 9.04. The molecule has 4 rings (SSSR count). The van der Waals surface area contributed by atoms with Crippen LogP contribution in [0.4, 0.5) is 17.6 Å². The van der Waals surface area contributed by atoms with Gasteiger partial charge in [0.2, 0.25) is 5.91 Å². The van der Waals surface area contributed by atoms with E-state index >= 15 is 0 Å². The summed E-state index contributed by atoms with van der Waals surface area (Å²) in [6.45, 7) is 3.70. The number of piperidine rings is 1. The van der Waals surface area contributed by atoms with Gasteiger partial charge in [-0.1, -0.05) is 12.1 Å². The van der Waals surface area contributed by atoms with Gasteiger partial charge in [-0.15, -0.1) is 0 Å². The molecule has 2 fully saturated rings. The molecule has 2 aliphatic heterocycles. The second-order valence-electron chi connectivity index (χ2n) is 9.04. The number of likely N-dealkylation sites (tertiary alicyclic amines) is 2. The zero-order valence-corrected chi connectivity index (χ0v) is 19.4. The van der Waals surface area contributed by atoms with Gasteiger partial charge in [-0.05, 0) is 73.9 Å². The van der Waals surface area contributed by atoms with E-state index in [1.54, 1.807) is 0 Å². The third-order valence-corrected chi connectivity index (χ3v) is 6.53. The fourth-order valence-corrected chi connectivity index (χ4v) is 4.54. The van der Waals surface area contributed by atoms with Crippen molar-refractivity contribution in [3.05, 3.63) is 81.9 Å². The van der Waals surface area contributed by atoms with Crippen molar-refractivity contribution < 1.29 is 27.2 Å². The van der Waals surface area contributed by atoms with Gasteiger partial charge in [0, 0.05) is 43.2 Å². The lowest BCUT2D eigenvalue weighted by Crippen LogP contribution is -2.43. The summed E-state index contributed by atoms with van der Waals surface area (Å²) >= 11 is 0. The van der Waals surface area contributed by atoms with Crippen LogP contribution in [0.15, 0.2) is 47.5 Å². The first kappa shape index (κ1) is 24.9. The summed E-state index contributed by atoms with van der Waals surface area (Å²) in [7, 11) is 0. The molecule has 4 nitrogen and oxygen atoms in total. The molecule has 2 aliphatic rings. The van der Waals surface area contributed by atoms with Crippen LogP contribution >= 0.6 is 0 Å². The molecule has 184 valence electrons. The predicted octanol–water partition coefficient (Wildman–Crippen LogP) is 5.00. The van der Waals surface area contributed by atoms with Gasteiger partial charge in [0.25, 0.3) is 0 Å². The van der Waals surface area contributed by atoms with Crippen LogP contribution in [-0.2, 0) is 9.59 Å². The van der Waals surface area contributed by atoms with E-state index in [9.17, 15) is 27.2 Å². The van der Waals surface area contributed by atoms with Crippen molar-refractivity contribution in [1.29, 1.82) is 0 Å². The van der Waals surface area contributed by atoms with E-state index in [1.165, 1.54) is 29.2 Å². The van der Waals surface area contributed by atoms with Crippen LogP contribution in [0.5, 0.6) is 0 Å². The summed E-state index contributed by atoms with van der Waals surface area (Å²) in [6.07, 6.45) is 5.30. The molecule has 0 N–H and O–H groups in total. The minimum Gasteiger partial charge on any atom is -0.334 e. The first-order valence-corrected chi connectivity index (χ1v) is 11.6. The third kappa shape index (κ3) is 5.88. The van der Waals surface area contributed by atoms with Gasteiger partial charge in [0.05, 0.1) is 0 Å². The van der Waals surface area contributed by atoms with Gasteiger partial charge in [-0.3, -0.25) is 9.59 Å². The van der Waals surface area contributed by atoms with Gasteiger partial charge >= 0.3 is 0 Å². The van der Waals surface area contributed by atoms with E-state index in [-0.39, 0.29) is 47.7 Å². The van der Waals surface area contributed by atoms with Crippen LogP contribution in [-0.4, -0.2) is 53.7 Å². The van der Waals surface area contributed by atoms with Crippen molar-refractivity contribution in [3.8, 4) is 0 Å². The Hall–Kier alpha value is -3.26. The average molecular weight is 487 g/mol. The number of carbonyl (C=O) groups excluding carboxylic acids is 2. The minimum absolute atomic E-state index is 0.0152. The van der Waals surface area contributed by atoms with Crippen LogP contribution in [0.3, 0.4) is 0 Å². The molecule has 0 spiro atoms. The van der Waals surface area contributed by atoms with Crippen molar-refractivity contribution in [1.82, 2.24) is 9.80 Å². The number of nitrogens with zero attached hydrogens (tertiary/aromatic N) is 2. The van der Waals surface area contributed by atoms with Crippen molar-refractivity contribution >= 4 is 23.8 Å². The number of benzene rings is 2. The zero-order valence-electron chi connectivity index (χ0n) is 19.4. The predicted molar refractivity (Wildman–Crippen MR) is 125 cm³/mol. The molecule has 2 heterocycles. The lowest BCUT2D eigenvalue weighted by molar-refractivity contribution is -0.131. The first-order chi connectivity index (χ1) is 16.7. The minimum atomic E-state index is -1.05. The van der Waals surface area contributed by atoms with E-state index < -0.39 is 29.1 Å². The number of carbonyl (C=O) groups is 2. The molecule has 35 heavy (non-hydrogen) atoms. The van der Waals surface area contributed by atoms with Crippen LogP contribution in [0.1, 0.15) is 37.3 Å². The largest absolute Gasteiger partial charge is 0.334 e. The monoisotopic (exact) mass is 486 g/mol. The Balaban J connectivity index is 1.62. The number of Topliss-reactive ketones (excluding diaryl/α,β-unsaturated/α-hetero) is 1. The van der Waals surface area contributed by atoms with Gasteiger partial charge in [0.1, 0.15) is 0 Å². The molecule has 2 aromatic rings. The fourth-order valence-electron chi connectivity index (χ4n) is 4.54. The molecule has 0 radical (unpaired) electrons. The molecule has 0 saturated carbocycles. The van der Waals surface area contributed by atoms with E-state index in [4.69, 9.17) is 0 Å². The summed E-state index contributed by atoms with van der Waals surface area (Å²) < 4.78 is 54.1. The average Bonchev–Trinajstić information content (AvgIpc) is 3.24. The normalized spacial score (nSPS) is 21.3. The smallest absolute Gasteiger partial charge is 0.224 e. The summed E-state index contributed by atoms with van der Waals surface area (Å²) in [5, 5.41) is 0. The molecule has 0 aromatic heterocycles. The summed E-state index contributed by atoms with van der Waals surface area (Å²) in [4.78, 5) is 30.1. The Morgan fingerprint density at radius 3 is 1.91 bits per heavy atom. The van der Waals surface area contributed by atoms with Gasteiger partial charge in [0.15, 0.2) is 29.1 Å². The molecule has 1 amide bonds. The first-order valence-electron chi connectivity index (χ1n) is 11.6. The van der Waals surface area contributed by atoms with E-state index in [2.05, 4.69) is 11.8 Å². The SMILES string of the molecule is C[C@@H]1CCCN1CCC(=O)N1C/C(=C\c2ccc(F)c(F)c2)C(=O)/C(=C/c2ccc(F)c(F)c2)C1. The highest BCUT2D eigenvalue weighted by atomic mass is 19.2. The third-order valence-electron chi connectivity index (χ3n) is 6.53. The summed E-state index contributed by atoms with van der Waals surface area (Å²) in [6, 6.07) is 6.98.